The lowest BCUT2D eigenvalue weighted by molar-refractivity contribution is 0.325. The van der Waals surface area contributed by atoms with Gasteiger partial charge in [0.05, 0.1) is 22.5 Å². The molecule has 2 aliphatic rings. The van der Waals surface area contributed by atoms with E-state index in [-0.39, 0.29) is 11.2 Å². The molecule has 7 nitrogen and oxygen atoms in total. The first kappa shape index (κ1) is 18.6. The van der Waals surface area contributed by atoms with Gasteiger partial charge in [0.25, 0.3) is 0 Å². The molecule has 0 N–H and O–H groups in total. The second kappa shape index (κ2) is 6.53. The molecular weight excluding hydrogens is 386 g/mol. The van der Waals surface area contributed by atoms with Gasteiger partial charge >= 0.3 is 0 Å². The molecular formula is C21H25N5O2S. The Morgan fingerprint density at radius 3 is 2.62 bits per heavy atom. The van der Waals surface area contributed by atoms with Crippen molar-refractivity contribution in [3.05, 3.63) is 54.1 Å². The number of nitrogens with zero attached hydrogens (tertiary/aromatic N) is 5. The van der Waals surface area contributed by atoms with Crippen molar-refractivity contribution in [1.82, 2.24) is 24.5 Å². The molecule has 8 heteroatoms. The van der Waals surface area contributed by atoms with E-state index >= 15 is 0 Å². The molecule has 2 atom stereocenters. The van der Waals surface area contributed by atoms with E-state index in [2.05, 4.69) is 41.2 Å². The highest BCUT2D eigenvalue weighted by molar-refractivity contribution is 7.92. The fourth-order valence-electron chi connectivity index (χ4n) is 4.60. The van der Waals surface area contributed by atoms with Gasteiger partial charge in [0.1, 0.15) is 0 Å². The number of aryl methyl sites for hydroxylation is 1. The van der Waals surface area contributed by atoms with Crippen LogP contribution in [-0.4, -0.2) is 51.2 Å². The minimum Gasteiger partial charge on any atom is -0.297 e. The van der Waals surface area contributed by atoms with E-state index in [0.717, 1.165) is 35.3 Å². The first-order valence-electron chi connectivity index (χ1n) is 9.95. The SMILES string of the molecule is CC(C)n1cc(CN2C[C@@H]3c4cc(-c5cnn(C)c5)ccc4S(=O)(=O)[C@@H]3C2)cn1. The van der Waals surface area contributed by atoms with Crippen molar-refractivity contribution in [1.29, 1.82) is 0 Å². The Labute approximate surface area is 170 Å². The van der Waals surface area contributed by atoms with E-state index in [4.69, 9.17) is 0 Å². The van der Waals surface area contributed by atoms with Crippen LogP contribution in [0.1, 0.15) is 36.9 Å². The van der Waals surface area contributed by atoms with Crippen LogP contribution in [0.5, 0.6) is 0 Å². The normalized spacial score (nSPS) is 22.9. The van der Waals surface area contributed by atoms with Crippen LogP contribution in [0.2, 0.25) is 0 Å². The number of benzene rings is 1. The van der Waals surface area contributed by atoms with Gasteiger partial charge in [-0.3, -0.25) is 14.3 Å². The summed E-state index contributed by atoms with van der Waals surface area (Å²) in [6.07, 6.45) is 7.71. The summed E-state index contributed by atoms with van der Waals surface area (Å²) in [7, 11) is -1.41. The summed E-state index contributed by atoms with van der Waals surface area (Å²) >= 11 is 0. The summed E-state index contributed by atoms with van der Waals surface area (Å²) < 4.78 is 30.0. The molecule has 2 aromatic heterocycles. The van der Waals surface area contributed by atoms with Crippen molar-refractivity contribution in [3.63, 3.8) is 0 Å². The van der Waals surface area contributed by atoms with E-state index < -0.39 is 9.84 Å². The Morgan fingerprint density at radius 2 is 1.93 bits per heavy atom. The zero-order chi connectivity index (χ0) is 20.3. The first-order valence-corrected chi connectivity index (χ1v) is 11.5. The van der Waals surface area contributed by atoms with Crippen LogP contribution < -0.4 is 0 Å². The number of fused-ring (bicyclic) bond motifs is 3. The number of hydrogen-bond acceptors (Lipinski definition) is 5. The number of aromatic nitrogens is 4. The van der Waals surface area contributed by atoms with Crippen molar-refractivity contribution in [3.8, 4) is 11.1 Å². The summed E-state index contributed by atoms with van der Waals surface area (Å²) in [5.41, 5.74) is 4.11. The molecule has 0 spiro atoms. The molecule has 4 heterocycles. The summed E-state index contributed by atoms with van der Waals surface area (Å²) in [5.74, 6) is 0.0202. The predicted molar refractivity (Wildman–Crippen MR) is 110 cm³/mol. The van der Waals surface area contributed by atoms with Gasteiger partial charge < -0.3 is 0 Å². The summed E-state index contributed by atoms with van der Waals surface area (Å²) in [4.78, 5) is 2.75. The van der Waals surface area contributed by atoms with Crippen molar-refractivity contribution in [2.75, 3.05) is 13.1 Å². The molecule has 5 rings (SSSR count). The molecule has 0 radical (unpaired) electrons. The van der Waals surface area contributed by atoms with Crippen molar-refractivity contribution < 1.29 is 8.42 Å². The summed E-state index contributed by atoms with van der Waals surface area (Å²) in [6, 6.07) is 6.05. The van der Waals surface area contributed by atoms with E-state index in [1.807, 2.05) is 36.4 Å². The molecule has 29 heavy (non-hydrogen) atoms. The summed E-state index contributed by atoms with van der Waals surface area (Å²) in [6.45, 7) is 6.24. The van der Waals surface area contributed by atoms with Gasteiger partial charge in [0, 0.05) is 62.2 Å². The maximum Gasteiger partial charge on any atom is 0.183 e. The molecule has 0 aliphatic carbocycles. The summed E-state index contributed by atoms with van der Waals surface area (Å²) in [5, 5.41) is 8.28. The Balaban J connectivity index is 1.43. The average Bonchev–Trinajstić information content (AvgIpc) is 3.43. The molecule has 0 unspecified atom stereocenters. The lowest BCUT2D eigenvalue weighted by Gasteiger charge is -2.16. The number of hydrogen-bond donors (Lipinski definition) is 0. The maximum absolute atomic E-state index is 13.1. The van der Waals surface area contributed by atoms with Crippen LogP contribution in [0.3, 0.4) is 0 Å². The molecule has 0 amide bonds. The minimum atomic E-state index is -3.29. The van der Waals surface area contributed by atoms with E-state index in [1.54, 1.807) is 10.7 Å². The standard InChI is InChI=1S/C21H25N5O2S/c1-14(2)26-10-15(7-23-26)9-25-12-19-18-6-16(17-8-22-24(3)11-17)4-5-20(18)29(27,28)21(19)13-25/h4-8,10-11,14,19,21H,9,12-13H2,1-3H3/t19-,21-/m1/s1. The largest absolute Gasteiger partial charge is 0.297 e. The van der Waals surface area contributed by atoms with Gasteiger partial charge in [-0.25, -0.2) is 8.42 Å². The highest BCUT2D eigenvalue weighted by Crippen LogP contribution is 2.46. The van der Waals surface area contributed by atoms with Gasteiger partial charge in [-0.05, 0) is 37.1 Å². The Bertz CT molecular complexity index is 1180. The zero-order valence-corrected chi connectivity index (χ0v) is 17.7. The molecule has 2 aliphatic heterocycles. The van der Waals surface area contributed by atoms with Gasteiger partial charge in [-0.2, -0.15) is 10.2 Å². The molecule has 3 aromatic rings. The molecule has 1 aromatic carbocycles. The van der Waals surface area contributed by atoms with Crippen LogP contribution in [0.15, 0.2) is 47.9 Å². The first-order chi connectivity index (χ1) is 13.8. The third-order valence-electron chi connectivity index (χ3n) is 6.08. The molecule has 152 valence electrons. The molecule has 0 saturated carbocycles. The topological polar surface area (TPSA) is 73.0 Å². The van der Waals surface area contributed by atoms with E-state index in [0.29, 0.717) is 17.5 Å². The molecule has 0 bridgehead atoms. The van der Waals surface area contributed by atoms with E-state index in [1.165, 1.54) is 0 Å². The Kier molecular flexibility index (Phi) is 4.18. The lowest BCUT2D eigenvalue weighted by atomic mass is 9.95. The quantitative estimate of drug-likeness (QED) is 0.660. The van der Waals surface area contributed by atoms with Crippen LogP contribution in [0.4, 0.5) is 0 Å². The lowest BCUT2D eigenvalue weighted by Crippen LogP contribution is -2.25. The van der Waals surface area contributed by atoms with Gasteiger partial charge in [0.2, 0.25) is 0 Å². The van der Waals surface area contributed by atoms with Gasteiger partial charge in [-0.15, -0.1) is 0 Å². The fraction of sp³-hybridized carbons (Fsp3) is 0.429. The predicted octanol–water partition coefficient (Wildman–Crippen LogP) is 2.62. The minimum absolute atomic E-state index is 0.0202. The van der Waals surface area contributed by atoms with Gasteiger partial charge in [-0.1, -0.05) is 6.07 Å². The van der Waals surface area contributed by atoms with E-state index in [9.17, 15) is 8.42 Å². The van der Waals surface area contributed by atoms with Crippen LogP contribution in [-0.2, 0) is 23.4 Å². The van der Waals surface area contributed by atoms with Crippen LogP contribution in [0.25, 0.3) is 11.1 Å². The van der Waals surface area contributed by atoms with Crippen molar-refractivity contribution in [2.24, 2.45) is 7.05 Å². The zero-order valence-electron chi connectivity index (χ0n) is 16.9. The third kappa shape index (κ3) is 3.02. The van der Waals surface area contributed by atoms with Crippen molar-refractivity contribution >= 4 is 9.84 Å². The average molecular weight is 412 g/mol. The molecule has 1 saturated heterocycles. The van der Waals surface area contributed by atoms with Crippen LogP contribution in [0, 0.1) is 0 Å². The monoisotopic (exact) mass is 411 g/mol. The molecule has 1 fully saturated rings. The van der Waals surface area contributed by atoms with Crippen molar-refractivity contribution in [2.45, 2.75) is 42.5 Å². The van der Waals surface area contributed by atoms with Gasteiger partial charge in [0.15, 0.2) is 9.84 Å². The highest BCUT2D eigenvalue weighted by Gasteiger charge is 2.50. The third-order valence-corrected chi connectivity index (χ3v) is 8.34. The fourth-order valence-corrected chi connectivity index (χ4v) is 6.80. The Morgan fingerprint density at radius 1 is 1.10 bits per heavy atom. The Hall–Kier alpha value is -2.45. The number of rotatable bonds is 4. The second-order valence-corrected chi connectivity index (χ2v) is 10.6. The van der Waals surface area contributed by atoms with Crippen LogP contribution >= 0.6 is 0 Å². The number of sulfone groups is 1. The number of likely N-dealkylation sites (tertiary alicyclic amines) is 1. The maximum atomic E-state index is 13.1. The second-order valence-electron chi connectivity index (χ2n) is 8.46. The smallest absolute Gasteiger partial charge is 0.183 e. The highest BCUT2D eigenvalue weighted by atomic mass is 32.2.